The van der Waals surface area contributed by atoms with Crippen LogP contribution in [0.5, 0.6) is 0 Å². The monoisotopic (exact) mass is 340 g/mol. The number of rotatable bonds is 3. The molecule has 0 radical (unpaired) electrons. The minimum Gasteiger partial charge on any atom is -0.372 e. The Kier molecular flexibility index (Phi) is 8.08. The van der Waals surface area contributed by atoms with E-state index in [1.807, 2.05) is 24.3 Å². The highest BCUT2D eigenvalue weighted by atomic mass is 35.5. The summed E-state index contributed by atoms with van der Waals surface area (Å²) in [6, 6.07) is 10.9. The van der Waals surface area contributed by atoms with Crippen LogP contribution in [0.1, 0.15) is 11.4 Å². The molecule has 2 heterocycles. The van der Waals surface area contributed by atoms with Gasteiger partial charge in [0.1, 0.15) is 23.1 Å². The fourth-order valence-electron chi connectivity index (χ4n) is 1.69. The van der Waals surface area contributed by atoms with Gasteiger partial charge in [-0.15, -0.1) is 24.8 Å². The Labute approximate surface area is 141 Å². The first kappa shape index (κ1) is 19.8. The van der Waals surface area contributed by atoms with Gasteiger partial charge in [-0.05, 0) is 24.3 Å². The maximum absolute atomic E-state index is 7.74. The van der Waals surface area contributed by atoms with E-state index in [4.69, 9.17) is 10.8 Å². The van der Waals surface area contributed by atoms with Crippen molar-refractivity contribution >= 4 is 36.5 Å². The minimum atomic E-state index is 0. The molecule has 0 aliphatic rings. The van der Waals surface area contributed by atoms with E-state index in [1.54, 1.807) is 26.2 Å². The van der Waals surface area contributed by atoms with Gasteiger partial charge in [0, 0.05) is 14.1 Å². The molecular formula is C14H18Cl2N6. The molecule has 2 aromatic rings. The third-order valence-electron chi connectivity index (χ3n) is 2.77. The van der Waals surface area contributed by atoms with Crippen LogP contribution in [0.3, 0.4) is 0 Å². The van der Waals surface area contributed by atoms with Crippen LogP contribution in [-0.2, 0) is 0 Å². The van der Waals surface area contributed by atoms with Crippen LogP contribution in [0.15, 0.2) is 36.4 Å². The summed E-state index contributed by atoms with van der Waals surface area (Å²) in [6.07, 6.45) is 0. The van der Waals surface area contributed by atoms with Gasteiger partial charge in [0.05, 0.1) is 11.4 Å². The predicted molar refractivity (Wildman–Crippen MR) is 93.7 cm³/mol. The maximum atomic E-state index is 7.74. The van der Waals surface area contributed by atoms with Crippen molar-refractivity contribution in [3.63, 3.8) is 0 Å². The molecule has 0 spiro atoms. The number of pyridine rings is 2. The van der Waals surface area contributed by atoms with E-state index in [1.165, 1.54) is 0 Å². The summed E-state index contributed by atoms with van der Waals surface area (Å²) in [4.78, 5) is 8.80. The average Bonchev–Trinajstić information content (AvgIpc) is 2.53. The quantitative estimate of drug-likeness (QED) is 0.507. The second-order valence-electron chi connectivity index (χ2n) is 4.07. The van der Waals surface area contributed by atoms with Gasteiger partial charge < -0.3 is 10.6 Å². The number of halogens is 2. The van der Waals surface area contributed by atoms with Crippen molar-refractivity contribution in [3.8, 4) is 11.4 Å². The van der Waals surface area contributed by atoms with E-state index in [-0.39, 0.29) is 36.5 Å². The summed E-state index contributed by atoms with van der Waals surface area (Å²) in [5.74, 6) is 0.511. The third kappa shape index (κ3) is 4.41. The van der Waals surface area contributed by atoms with Crippen LogP contribution in [0.4, 0.5) is 0 Å². The second-order valence-corrected chi connectivity index (χ2v) is 4.07. The Morgan fingerprint density at radius 1 is 0.773 bits per heavy atom. The molecule has 0 bridgehead atoms. The van der Waals surface area contributed by atoms with E-state index in [9.17, 15) is 0 Å². The van der Waals surface area contributed by atoms with Crippen LogP contribution in [0, 0.1) is 10.8 Å². The highest BCUT2D eigenvalue weighted by molar-refractivity contribution is 5.95. The molecule has 0 aliphatic heterocycles. The summed E-state index contributed by atoms with van der Waals surface area (Å²) in [5.41, 5.74) is 2.46. The van der Waals surface area contributed by atoms with Crippen LogP contribution in [0.25, 0.3) is 11.4 Å². The van der Waals surface area contributed by atoms with Crippen molar-refractivity contribution in [3.05, 3.63) is 47.8 Å². The van der Waals surface area contributed by atoms with Gasteiger partial charge in [0.2, 0.25) is 0 Å². The zero-order chi connectivity index (χ0) is 14.5. The highest BCUT2D eigenvalue weighted by Gasteiger charge is 2.07. The van der Waals surface area contributed by atoms with E-state index >= 15 is 0 Å². The lowest BCUT2D eigenvalue weighted by Crippen LogP contribution is -2.20. The summed E-state index contributed by atoms with van der Waals surface area (Å²) in [7, 11) is 3.37. The van der Waals surface area contributed by atoms with Crippen LogP contribution in [-0.4, -0.2) is 35.7 Å². The molecular weight excluding hydrogens is 323 g/mol. The normalized spacial score (nSPS) is 9.00. The largest absolute Gasteiger partial charge is 0.372 e. The lowest BCUT2D eigenvalue weighted by atomic mass is 10.2. The molecule has 2 rings (SSSR count). The molecule has 0 atom stereocenters. The van der Waals surface area contributed by atoms with E-state index in [0.717, 1.165) is 0 Å². The topological polar surface area (TPSA) is 97.5 Å². The number of hydrogen-bond donors (Lipinski definition) is 4. The van der Waals surface area contributed by atoms with Gasteiger partial charge in [-0.2, -0.15) is 0 Å². The summed E-state index contributed by atoms with van der Waals surface area (Å²) < 4.78 is 0. The van der Waals surface area contributed by atoms with Gasteiger partial charge in [-0.3, -0.25) is 10.8 Å². The first-order chi connectivity index (χ1) is 9.65. The van der Waals surface area contributed by atoms with Crippen LogP contribution < -0.4 is 10.6 Å². The van der Waals surface area contributed by atoms with Gasteiger partial charge in [-0.25, -0.2) is 9.97 Å². The van der Waals surface area contributed by atoms with Gasteiger partial charge in [0.15, 0.2) is 0 Å². The smallest absolute Gasteiger partial charge is 0.144 e. The van der Waals surface area contributed by atoms with Crippen LogP contribution >= 0.6 is 24.8 Å². The van der Waals surface area contributed by atoms with Crippen molar-refractivity contribution < 1.29 is 0 Å². The lowest BCUT2D eigenvalue weighted by molar-refractivity contribution is 1.10. The highest BCUT2D eigenvalue weighted by Crippen LogP contribution is 2.15. The standard InChI is InChI=1S/C14H16N6.2ClH/c1-17-13(15)11-7-3-5-9(19-11)10-6-4-8-12(20-10)14(16)18-2;;/h3-8H,1-2H3,(H2,15,17)(H2,16,18);2*1H. The van der Waals surface area contributed by atoms with E-state index < -0.39 is 0 Å². The second kappa shape index (κ2) is 8.96. The fourth-order valence-corrected chi connectivity index (χ4v) is 1.69. The fraction of sp³-hybridized carbons (Fsp3) is 0.143. The molecule has 0 aromatic carbocycles. The summed E-state index contributed by atoms with van der Waals surface area (Å²) in [5, 5.41) is 21.0. The summed E-state index contributed by atoms with van der Waals surface area (Å²) >= 11 is 0. The number of amidine groups is 2. The summed E-state index contributed by atoms with van der Waals surface area (Å²) in [6.45, 7) is 0. The Hall–Kier alpha value is -2.18. The molecule has 118 valence electrons. The van der Waals surface area contributed by atoms with Crippen molar-refractivity contribution in [1.29, 1.82) is 10.8 Å². The molecule has 2 aromatic heterocycles. The Morgan fingerprint density at radius 3 is 1.45 bits per heavy atom. The molecule has 0 saturated carbocycles. The van der Waals surface area contributed by atoms with E-state index in [2.05, 4.69) is 20.6 Å². The van der Waals surface area contributed by atoms with Crippen molar-refractivity contribution in [2.75, 3.05) is 14.1 Å². The Bertz CT molecular complexity index is 602. The van der Waals surface area contributed by atoms with Crippen molar-refractivity contribution in [1.82, 2.24) is 20.6 Å². The molecule has 6 nitrogen and oxygen atoms in total. The number of hydrogen-bond acceptors (Lipinski definition) is 4. The molecule has 0 amide bonds. The van der Waals surface area contributed by atoms with E-state index in [0.29, 0.717) is 22.8 Å². The first-order valence-corrected chi connectivity index (χ1v) is 6.13. The average molecular weight is 341 g/mol. The predicted octanol–water partition coefficient (Wildman–Crippen LogP) is 2.08. The molecule has 8 heteroatoms. The Balaban J connectivity index is 0.00000220. The lowest BCUT2D eigenvalue weighted by Gasteiger charge is -2.07. The maximum Gasteiger partial charge on any atom is 0.144 e. The first-order valence-electron chi connectivity index (χ1n) is 6.13. The van der Waals surface area contributed by atoms with Gasteiger partial charge >= 0.3 is 0 Å². The van der Waals surface area contributed by atoms with Crippen molar-refractivity contribution in [2.45, 2.75) is 0 Å². The SMILES string of the molecule is CNC(=N)c1cccc(-c2cccc(C(=N)NC)n2)n1.Cl.Cl. The van der Waals surface area contributed by atoms with Crippen LogP contribution in [0.2, 0.25) is 0 Å². The molecule has 0 saturated heterocycles. The number of nitrogens with zero attached hydrogens (tertiary/aromatic N) is 2. The van der Waals surface area contributed by atoms with Gasteiger partial charge in [-0.1, -0.05) is 12.1 Å². The number of aromatic nitrogens is 2. The molecule has 0 unspecified atom stereocenters. The molecule has 22 heavy (non-hydrogen) atoms. The molecule has 0 aliphatic carbocycles. The molecule has 0 fully saturated rings. The Morgan fingerprint density at radius 2 is 1.14 bits per heavy atom. The zero-order valence-corrected chi connectivity index (χ0v) is 13.8. The zero-order valence-electron chi connectivity index (χ0n) is 12.2. The minimum absolute atomic E-state index is 0. The number of nitrogens with one attached hydrogen (secondary N) is 4. The van der Waals surface area contributed by atoms with Gasteiger partial charge in [0.25, 0.3) is 0 Å². The molecule has 4 N–H and O–H groups in total. The van der Waals surface area contributed by atoms with Crippen molar-refractivity contribution in [2.24, 2.45) is 0 Å². The third-order valence-corrected chi connectivity index (χ3v) is 2.77.